The van der Waals surface area contributed by atoms with E-state index in [1.807, 2.05) is 29.2 Å². The van der Waals surface area contributed by atoms with E-state index < -0.39 is 18.2 Å². The summed E-state index contributed by atoms with van der Waals surface area (Å²) in [4.78, 5) is 28.4. The number of para-hydroxylation sites is 1. The number of aliphatic hydroxyl groups excluding tert-OH is 2. The van der Waals surface area contributed by atoms with E-state index >= 15 is 0 Å². The van der Waals surface area contributed by atoms with Gasteiger partial charge in [-0.05, 0) is 66.5 Å². The van der Waals surface area contributed by atoms with E-state index in [0.29, 0.717) is 11.3 Å². The van der Waals surface area contributed by atoms with Gasteiger partial charge >= 0.3 is 0 Å². The number of nitrogens with one attached hydrogen (secondary N) is 1. The Bertz CT molecular complexity index is 895. The molecule has 2 amide bonds. The molecule has 1 aromatic carbocycles. The molecule has 186 valence electrons. The molecule has 7 nitrogen and oxygen atoms in total. The van der Waals surface area contributed by atoms with Crippen LogP contribution in [-0.4, -0.2) is 64.4 Å². The van der Waals surface area contributed by atoms with Gasteiger partial charge < -0.3 is 25.2 Å². The second-order valence-corrected chi connectivity index (χ2v) is 10.8. The van der Waals surface area contributed by atoms with Crippen molar-refractivity contribution in [3.63, 3.8) is 0 Å². The van der Waals surface area contributed by atoms with Gasteiger partial charge in [0, 0.05) is 30.5 Å². The van der Waals surface area contributed by atoms with Crippen LogP contribution in [0.25, 0.3) is 0 Å². The number of carbonyl (C=O) groups excluding carboxylic acids is 2. The number of hydrogen-bond donors (Lipinski definition) is 3. The molecule has 3 aliphatic carbocycles. The van der Waals surface area contributed by atoms with E-state index in [2.05, 4.69) is 27.9 Å². The van der Waals surface area contributed by atoms with Crippen molar-refractivity contribution in [2.75, 3.05) is 13.2 Å². The van der Waals surface area contributed by atoms with Crippen molar-refractivity contribution in [2.45, 2.75) is 82.1 Å². The minimum Gasteiger partial charge on any atom is -0.482 e. The molecule has 8 heteroatoms. The SMILES string of the molecule is O=C(NCCO)C1=CC(Oc2ccccc2I)C(O)C(N(C(=O)C2CC2)C2CCCCCC2)C1. The maximum Gasteiger partial charge on any atom is 0.247 e. The van der Waals surface area contributed by atoms with E-state index in [-0.39, 0.29) is 43.3 Å². The molecule has 3 atom stereocenters. The Morgan fingerprint density at radius 3 is 2.44 bits per heavy atom. The number of amides is 2. The lowest BCUT2D eigenvalue weighted by atomic mass is 9.86. The lowest BCUT2D eigenvalue weighted by Gasteiger charge is -2.44. The minimum absolute atomic E-state index is 0.0301. The predicted molar refractivity (Wildman–Crippen MR) is 137 cm³/mol. The predicted octanol–water partition coefficient (Wildman–Crippen LogP) is 3.17. The first kappa shape index (κ1) is 25.4. The second-order valence-electron chi connectivity index (χ2n) is 9.61. The zero-order valence-corrected chi connectivity index (χ0v) is 21.7. The zero-order chi connectivity index (χ0) is 24.1. The van der Waals surface area contributed by atoms with Crippen LogP contribution in [0.5, 0.6) is 5.75 Å². The third kappa shape index (κ3) is 6.12. The Labute approximate surface area is 215 Å². The first-order valence-corrected chi connectivity index (χ1v) is 13.6. The quantitative estimate of drug-likeness (QED) is 0.323. The first-order valence-electron chi connectivity index (χ1n) is 12.5. The highest BCUT2D eigenvalue weighted by atomic mass is 127. The van der Waals surface area contributed by atoms with Crippen molar-refractivity contribution in [2.24, 2.45) is 5.92 Å². The molecule has 34 heavy (non-hydrogen) atoms. The van der Waals surface area contributed by atoms with Crippen molar-refractivity contribution < 1.29 is 24.5 Å². The molecule has 0 spiro atoms. The van der Waals surface area contributed by atoms with Crippen LogP contribution in [-0.2, 0) is 9.59 Å². The largest absolute Gasteiger partial charge is 0.482 e. The fraction of sp³-hybridized carbons (Fsp3) is 0.615. The van der Waals surface area contributed by atoms with Gasteiger partial charge in [0.05, 0.1) is 16.2 Å². The van der Waals surface area contributed by atoms with Gasteiger partial charge in [-0.15, -0.1) is 0 Å². The second kappa shape index (κ2) is 11.9. The molecule has 2 fully saturated rings. The fourth-order valence-corrected chi connectivity index (χ4v) is 5.64. The van der Waals surface area contributed by atoms with E-state index in [0.717, 1.165) is 42.1 Å². The van der Waals surface area contributed by atoms with E-state index in [9.17, 15) is 14.7 Å². The van der Waals surface area contributed by atoms with Crippen LogP contribution in [0, 0.1) is 9.49 Å². The van der Waals surface area contributed by atoms with Gasteiger partial charge in [0.25, 0.3) is 0 Å². The zero-order valence-electron chi connectivity index (χ0n) is 19.5. The van der Waals surface area contributed by atoms with Crippen molar-refractivity contribution in [3.8, 4) is 5.75 Å². The molecular weight excluding hydrogens is 547 g/mol. The lowest BCUT2D eigenvalue weighted by molar-refractivity contribution is -0.144. The molecule has 0 saturated heterocycles. The third-order valence-corrected chi connectivity index (χ3v) is 7.96. The summed E-state index contributed by atoms with van der Waals surface area (Å²) in [6, 6.07) is 7.11. The molecule has 3 N–H and O–H groups in total. The van der Waals surface area contributed by atoms with Crippen LogP contribution < -0.4 is 10.1 Å². The van der Waals surface area contributed by atoms with E-state index in [4.69, 9.17) is 9.84 Å². The summed E-state index contributed by atoms with van der Waals surface area (Å²) in [5.74, 6) is 0.485. The van der Waals surface area contributed by atoms with E-state index in [1.165, 1.54) is 12.8 Å². The monoisotopic (exact) mass is 582 g/mol. The summed E-state index contributed by atoms with van der Waals surface area (Å²) >= 11 is 2.19. The Kier molecular flexibility index (Phi) is 8.87. The number of rotatable bonds is 8. The summed E-state index contributed by atoms with van der Waals surface area (Å²) in [6.45, 7) is 0.000419. The highest BCUT2D eigenvalue weighted by Crippen LogP contribution is 2.38. The van der Waals surface area contributed by atoms with Gasteiger partial charge in [-0.1, -0.05) is 37.8 Å². The summed E-state index contributed by atoms with van der Waals surface area (Å²) in [7, 11) is 0. The van der Waals surface area contributed by atoms with Crippen LogP contribution in [0.1, 0.15) is 57.8 Å². The number of aliphatic hydroxyl groups is 2. The summed E-state index contributed by atoms with van der Waals surface area (Å²) in [5, 5.41) is 23.4. The molecule has 0 bridgehead atoms. The van der Waals surface area contributed by atoms with Crippen LogP contribution in [0.2, 0.25) is 0 Å². The van der Waals surface area contributed by atoms with Crippen molar-refractivity contribution in [1.82, 2.24) is 10.2 Å². The van der Waals surface area contributed by atoms with Gasteiger partial charge in [0.15, 0.2) is 0 Å². The smallest absolute Gasteiger partial charge is 0.247 e. The lowest BCUT2D eigenvalue weighted by Crippen LogP contribution is -2.58. The van der Waals surface area contributed by atoms with Crippen LogP contribution in [0.4, 0.5) is 0 Å². The molecule has 0 heterocycles. The molecule has 3 aliphatic rings. The van der Waals surface area contributed by atoms with E-state index in [1.54, 1.807) is 6.08 Å². The van der Waals surface area contributed by atoms with Crippen LogP contribution >= 0.6 is 22.6 Å². The van der Waals surface area contributed by atoms with Crippen molar-refractivity contribution in [3.05, 3.63) is 39.5 Å². The molecule has 1 aromatic rings. The van der Waals surface area contributed by atoms with Gasteiger partial charge in [-0.3, -0.25) is 9.59 Å². The highest BCUT2D eigenvalue weighted by Gasteiger charge is 2.46. The minimum atomic E-state index is -0.948. The Morgan fingerprint density at radius 2 is 1.79 bits per heavy atom. The average Bonchev–Trinajstić information content (AvgIpc) is 3.69. The normalized spacial score (nSPS) is 25.7. The molecule has 3 unspecified atom stereocenters. The van der Waals surface area contributed by atoms with Crippen molar-refractivity contribution in [1.29, 1.82) is 0 Å². The molecule has 4 rings (SSSR count). The van der Waals surface area contributed by atoms with Crippen LogP contribution in [0.3, 0.4) is 0 Å². The number of hydrogen-bond acceptors (Lipinski definition) is 5. The number of halogens is 1. The fourth-order valence-electron chi connectivity index (χ4n) is 5.13. The molecule has 2 saturated carbocycles. The van der Waals surface area contributed by atoms with Gasteiger partial charge in [-0.2, -0.15) is 0 Å². The number of nitrogens with zero attached hydrogens (tertiary/aromatic N) is 1. The standard InChI is InChI=1S/C26H35IN2O5/c27-20-9-5-6-10-22(20)34-23-16-18(25(32)28-13-14-30)15-21(24(23)31)29(26(33)17-11-12-17)19-7-3-1-2-4-8-19/h5-6,9-10,16-17,19,21,23-24,30-31H,1-4,7-8,11-15H2,(H,28,32). The molecule has 0 aliphatic heterocycles. The number of carbonyl (C=O) groups is 2. The Morgan fingerprint density at radius 1 is 1.09 bits per heavy atom. The summed E-state index contributed by atoms with van der Waals surface area (Å²) in [5.41, 5.74) is 0.488. The summed E-state index contributed by atoms with van der Waals surface area (Å²) in [6.07, 6.45) is 8.39. The third-order valence-electron chi connectivity index (χ3n) is 7.07. The Hall–Kier alpha value is -1.65. The Balaban J connectivity index is 1.65. The van der Waals surface area contributed by atoms with Gasteiger partial charge in [-0.25, -0.2) is 0 Å². The molecular formula is C26H35IN2O5. The molecule has 0 radical (unpaired) electrons. The maximum atomic E-state index is 13.5. The topological polar surface area (TPSA) is 99.1 Å². The first-order chi connectivity index (χ1) is 16.5. The number of benzene rings is 1. The van der Waals surface area contributed by atoms with Gasteiger partial charge in [0.2, 0.25) is 11.8 Å². The van der Waals surface area contributed by atoms with Crippen LogP contribution in [0.15, 0.2) is 35.9 Å². The number of ether oxygens (including phenoxy) is 1. The maximum absolute atomic E-state index is 13.5. The highest BCUT2D eigenvalue weighted by molar-refractivity contribution is 14.1. The average molecular weight is 582 g/mol. The van der Waals surface area contributed by atoms with Crippen molar-refractivity contribution >= 4 is 34.4 Å². The molecule has 0 aromatic heterocycles. The van der Waals surface area contributed by atoms with Gasteiger partial charge in [0.1, 0.15) is 18.0 Å². The summed E-state index contributed by atoms with van der Waals surface area (Å²) < 4.78 is 7.14.